The zero-order valence-electron chi connectivity index (χ0n) is 14.0. The fourth-order valence-electron chi connectivity index (χ4n) is 2.71. The number of nitrogens with two attached hydrogens (primary N) is 1. The number of ether oxygens (including phenoxy) is 2. The molecule has 1 aliphatic rings. The number of nitrogens with zero attached hydrogens (tertiary/aromatic N) is 2. The predicted octanol–water partition coefficient (Wildman–Crippen LogP) is 3.09. The van der Waals surface area contributed by atoms with E-state index in [2.05, 4.69) is 9.88 Å². The number of nitrogen functional groups attached to an aromatic ring is 1. The first kappa shape index (κ1) is 16.5. The fraction of sp³-hybridized carbons (Fsp3) is 0.389. The van der Waals surface area contributed by atoms with Crippen LogP contribution in [0, 0.1) is 5.82 Å². The third kappa shape index (κ3) is 3.59. The Kier molecular flexibility index (Phi) is 4.85. The summed E-state index contributed by atoms with van der Waals surface area (Å²) in [6.07, 6.45) is 1.62. The van der Waals surface area contributed by atoms with Gasteiger partial charge in [0, 0.05) is 48.2 Å². The monoisotopic (exact) mass is 331 g/mol. The van der Waals surface area contributed by atoms with Gasteiger partial charge in [-0.1, -0.05) is 0 Å². The van der Waals surface area contributed by atoms with Crippen LogP contribution < -0.4 is 15.4 Å². The molecule has 1 aromatic heterocycles. The van der Waals surface area contributed by atoms with Gasteiger partial charge >= 0.3 is 0 Å². The van der Waals surface area contributed by atoms with Gasteiger partial charge in [-0.25, -0.2) is 9.37 Å². The molecule has 0 aliphatic carbocycles. The Hall–Kier alpha value is -2.34. The molecule has 0 amide bonds. The third-order valence-electron chi connectivity index (χ3n) is 3.86. The Balaban J connectivity index is 1.86. The average Bonchev–Trinajstić information content (AvgIpc) is 2.56. The second-order valence-electron chi connectivity index (χ2n) is 6.04. The van der Waals surface area contributed by atoms with Crippen LogP contribution in [0.1, 0.15) is 13.8 Å². The summed E-state index contributed by atoms with van der Waals surface area (Å²) >= 11 is 0. The maximum absolute atomic E-state index is 14.4. The molecule has 2 N–H and O–H groups in total. The van der Waals surface area contributed by atoms with Crippen molar-refractivity contribution in [2.24, 2.45) is 0 Å². The topological polar surface area (TPSA) is 60.6 Å². The van der Waals surface area contributed by atoms with Gasteiger partial charge in [-0.15, -0.1) is 0 Å². The molecule has 0 atom stereocenters. The lowest BCUT2D eigenvalue weighted by Gasteiger charge is -2.28. The molecule has 24 heavy (non-hydrogen) atoms. The van der Waals surface area contributed by atoms with E-state index >= 15 is 0 Å². The molecular formula is C18H22FN3O2. The van der Waals surface area contributed by atoms with Gasteiger partial charge in [0.15, 0.2) is 0 Å². The van der Waals surface area contributed by atoms with E-state index in [0.717, 1.165) is 18.9 Å². The highest BCUT2D eigenvalue weighted by Crippen LogP contribution is 2.32. The Morgan fingerprint density at radius 1 is 1.21 bits per heavy atom. The van der Waals surface area contributed by atoms with Gasteiger partial charge < -0.3 is 20.1 Å². The highest BCUT2D eigenvalue weighted by Gasteiger charge is 2.16. The number of rotatable bonds is 4. The van der Waals surface area contributed by atoms with E-state index in [4.69, 9.17) is 15.2 Å². The molecular weight excluding hydrogens is 309 g/mol. The highest BCUT2D eigenvalue weighted by molar-refractivity contribution is 5.78. The Labute approximate surface area is 141 Å². The lowest BCUT2D eigenvalue weighted by Crippen LogP contribution is -2.36. The molecule has 2 aromatic rings. The molecule has 6 heteroatoms. The number of pyridine rings is 1. The van der Waals surface area contributed by atoms with Crippen LogP contribution in [0.5, 0.6) is 5.75 Å². The lowest BCUT2D eigenvalue weighted by molar-refractivity contribution is 0.122. The minimum Gasteiger partial charge on any atom is -0.491 e. The molecule has 1 saturated heterocycles. The van der Waals surface area contributed by atoms with Crippen LogP contribution in [0.3, 0.4) is 0 Å². The van der Waals surface area contributed by atoms with Gasteiger partial charge in [0.2, 0.25) is 0 Å². The van der Waals surface area contributed by atoms with Crippen molar-refractivity contribution < 1.29 is 13.9 Å². The van der Waals surface area contributed by atoms with Gasteiger partial charge in [0.05, 0.1) is 19.3 Å². The van der Waals surface area contributed by atoms with Crippen molar-refractivity contribution in [2.45, 2.75) is 20.0 Å². The largest absolute Gasteiger partial charge is 0.491 e. The summed E-state index contributed by atoms with van der Waals surface area (Å²) in [4.78, 5) is 6.55. The summed E-state index contributed by atoms with van der Waals surface area (Å²) in [5, 5.41) is 0. The van der Waals surface area contributed by atoms with Crippen molar-refractivity contribution in [2.75, 3.05) is 36.9 Å². The zero-order chi connectivity index (χ0) is 17.1. The van der Waals surface area contributed by atoms with Gasteiger partial charge in [-0.2, -0.15) is 0 Å². The van der Waals surface area contributed by atoms with Crippen LogP contribution in [0.15, 0.2) is 30.5 Å². The van der Waals surface area contributed by atoms with E-state index in [-0.39, 0.29) is 11.9 Å². The van der Waals surface area contributed by atoms with E-state index in [1.54, 1.807) is 24.4 Å². The van der Waals surface area contributed by atoms with Crippen LogP contribution in [0.2, 0.25) is 0 Å². The van der Waals surface area contributed by atoms with Crippen molar-refractivity contribution in [1.29, 1.82) is 0 Å². The molecule has 0 unspecified atom stereocenters. The SMILES string of the molecule is CC(C)Oc1ccc(-c2cnc(N3CCOCC3)cc2N)c(F)c1. The molecule has 128 valence electrons. The van der Waals surface area contributed by atoms with E-state index in [9.17, 15) is 4.39 Å². The van der Waals surface area contributed by atoms with E-state index in [1.807, 2.05) is 13.8 Å². The lowest BCUT2D eigenvalue weighted by atomic mass is 10.0. The minimum atomic E-state index is -0.374. The van der Waals surface area contributed by atoms with Crippen molar-refractivity contribution in [1.82, 2.24) is 4.98 Å². The fourth-order valence-corrected chi connectivity index (χ4v) is 2.71. The number of aromatic nitrogens is 1. The number of benzene rings is 1. The second kappa shape index (κ2) is 7.05. The van der Waals surface area contributed by atoms with Gasteiger partial charge in [-0.05, 0) is 26.0 Å². The first-order valence-corrected chi connectivity index (χ1v) is 8.09. The molecule has 5 nitrogen and oxygen atoms in total. The van der Waals surface area contributed by atoms with E-state index in [0.29, 0.717) is 35.8 Å². The molecule has 1 aromatic carbocycles. The Morgan fingerprint density at radius 2 is 1.96 bits per heavy atom. The van der Waals surface area contributed by atoms with Crippen LogP contribution in [-0.2, 0) is 4.74 Å². The van der Waals surface area contributed by atoms with Gasteiger partial charge in [0.25, 0.3) is 0 Å². The Morgan fingerprint density at radius 3 is 2.58 bits per heavy atom. The van der Waals surface area contributed by atoms with Crippen molar-refractivity contribution in [3.63, 3.8) is 0 Å². The number of hydrogen-bond acceptors (Lipinski definition) is 5. The standard InChI is InChI=1S/C18H22FN3O2/c1-12(2)24-13-3-4-14(16(19)9-13)15-11-21-18(10-17(15)20)22-5-7-23-8-6-22/h3-4,9-12H,5-8H2,1-2H3,(H2,20,21). The van der Waals surface area contributed by atoms with Gasteiger partial charge in [-0.3, -0.25) is 0 Å². The Bertz CT molecular complexity index is 715. The minimum absolute atomic E-state index is 0.00482. The maximum atomic E-state index is 14.4. The van der Waals surface area contributed by atoms with Crippen LogP contribution >= 0.6 is 0 Å². The summed E-state index contributed by atoms with van der Waals surface area (Å²) in [5.41, 5.74) is 7.66. The third-order valence-corrected chi connectivity index (χ3v) is 3.86. The molecule has 1 aliphatic heterocycles. The average molecular weight is 331 g/mol. The second-order valence-corrected chi connectivity index (χ2v) is 6.04. The van der Waals surface area contributed by atoms with E-state index in [1.165, 1.54) is 6.07 Å². The number of anilines is 2. The smallest absolute Gasteiger partial charge is 0.134 e. The molecule has 0 saturated carbocycles. The first-order chi connectivity index (χ1) is 11.5. The zero-order valence-corrected chi connectivity index (χ0v) is 14.0. The number of morpholine rings is 1. The highest BCUT2D eigenvalue weighted by atomic mass is 19.1. The molecule has 0 bridgehead atoms. The molecule has 1 fully saturated rings. The molecule has 2 heterocycles. The summed E-state index contributed by atoms with van der Waals surface area (Å²) in [6.45, 7) is 6.71. The van der Waals surface area contributed by atoms with Crippen LogP contribution in [0.25, 0.3) is 11.1 Å². The van der Waals surface area contributed by atoms with Crippen LogP contribution in [-0.4, -0.2) is 37.4 Å². The van der Waals surface area contributed by atoms with Crippen molar-refractivity contribution in [3.8, 4) is 16.9 Å². The van der Waals surface area contributed by atoms with Gasteiger partial charge in [0.1, 0.15) is 17.4 Å². The van der Waals surface area contributed by atoms with Crippen molar-refractivity contribution >= 4 is 11.5 Å². The summed E-state index contributed by atoms with van der Waals surface area (Å²) in [5.74, 6) is 0.920. The number of hydrogen-bond donors (Lipinski definition) is 1. The normalized spacial score (nSPS) is 14.9. The molecule has 0 radical (unpaired) electrons. The summed E-state index contributed by atoms with van der Waals surface area (Å²) in [7, 11) is 0. The quantitative estimate of drug-likeness (QED) is 0.933. The molecule has 3 rings (SSSR count). The summed E-state index contributed by atoms with van der Waals surface area (Å²) in [6, 6.07) is 6.59. The number of halogens is 1. The van der Waals surface area contributed by atoms with E-state index < -0.39 is 0 Å². The summed E-state index contributed by atoms with van der Waals surface area (Å²) < 4.78 is 25.3. The predicted molar refractivity (Wildman–Crippen MR) is 92.8 cm³/mol. The molecule has 0 spiro atoms. The van der Waals surface area contributed by atoms with Crippen molar-refractivity contribution in [3.05, 3.63) is 36.3 Å². The maximum Gasteiger partial charge on any atom is 0.134 e. The first-order valence-electron chi connectivity index (χ1n) is 8.09. The van der Waals surface area contributed by atoms with Crippen LogP contribution in [0.4, 0.5) is 15.9 Å².